The summed E-state index contributed by atoms with van der Waals surface area (Å²) in [6.45, 7) is 4.05. The van der Waals surface area contributed by atoms with Gasteiger partial charge in [-0.05, 0) is 55.6 Å². The van der Waals surface area contributed by atoms with Gasteiger partial charge in [-0.1, -0.05) is 15.9 Å². The normalized spacial score (nSPS) is 19.8. The molecule has 0 radical (unpaired) electrons. The zero-order chi connectivity index (χ0) is 13.0. The first kappa shape index (κ1) is 16.8. The molecule has 1 aliphatic rings. The van der Waals surface area contributed by atoms with Crippen molar-refractivity contribution in [3.8, 4) is 5.75 Å². The number of benzene rings is 1. The Labute approximate surface area is 130 Å². The Kier molecular flexibility index (Phi) is 7.15. The van der Waals surface area contributed by atoms with Crippen LogP contribution in [0.2, 0.25) is 0 Å². The van der Waals surface area contributed by atoms with Crippen molar-refractivity contribution in [2.24, 2.45) is 11.7 Å². The van der Waals surface area contributed by atoms with Crippen molar-refractivity contribution < 1.29 is 4.74 Å². The Balaban J connectivity index is 0.00000180. The molecule has 1 atom stereocenters. The van der Waals surface area contributed by atoms with Crippen LogP contribution in [0, 0.1) is 5.92 Å². The van der Waals surface area contributed by atoms with Gasteiger partial charge in [-0.25, -0.2) is 0 Å². The van der Waals surface area contributed by atoms with Crippen molar-refractivity contribution in [3.05, 3.63) is 28.2 Å². The Morgan fingerprint density at radius 1 is 1.47 bits per heavy atom. The summed E-state index contributed by atoms with van der Waals surface area (Å²) in [6.07, 6.45) is 2.52. The predicted molar refractivity (Wildman–Crippen MR) is 85.0 cm³/mol. The Hall–Kier alpha value is -0.290. The number of rotatable bonds is 4. The Morgan fingerprint density at radius 3 is 2.95 bits per heavy atom. The average Bonchev–Trinajstić information content (AvgIpc) is 2.41. The SMILES string of the molecule is COc1ccc(Br)c(CN2CCCC(CN)C2)c1.Cl. The van der Waals surface area contributed by atoms with Gasteiger partial charge >= 0.3 is 0 Å². The minimum atomic E-state index is 0. The van der Waals surface area contributed by atoms with E-state index in [1.807, 2.05) is 6.07 Å². The molecule has 2 rings (SSSR count). The summed E-state index contributed by atoms with van der Waals surface area (Å²) in [6, 6.07) is 6.14. The maximum Gasteiger partial charge on any atom is 0.119 e. The van der Waals surface area contributed by atoms with Gasteiger partial charge in [-0.2, -0.15) is 0 Å². The molecule has 0 amide bonds. The van der Waals surface area contributed by atoms with Crippen molar-refractivity contribution >= 4 is 28.3 Å². The number of hydrogen-bond acceptors (Lipinski definition) is 3. The molecule has 5 heteroatoms. The van der Waals surface area contributed by atoms with E-state index in [1.54, 1.807) is 7.11 Å². The van der Waals surface area contributed by atoms with Crippen LogP contribution in [0.4, 0.5) is 0 Å². The van der Waals surface area contributed by atoms with Crippen LogP contribution < -0.4 is 10.5 Å². The molecule has 1 heterocycles. The van der Waals surface area contributed by atoms with Crippen LogP contribution in [0.3, 0.4) is 0 Å². The molecule has 0 aliphatic carbocycles. The number of piperidine rings is 1. The molecule has 0 saturated carbocycles. The third-order valence-electron chi connectivity index (χ3n) is 3.58. The topological polar surface area (TPSA) is 38.5 Å². The van der Waals surface area contributed by atoms with Crippen LogP contribution in [-0.2, 0) is 6.54 Å². The van der Waals surface area contributed by atoms with E-state index in [0.29, 0.717) is 5.92 Å². The molecule has 0 aromatic heterocycles. The fraction of sp³-hybridized carbons (Fsp3) is 0.571. The second kappa shape index (κ2) is 8.10. The van der Waals surface area contributed by atoms with Crippen LogP contribution in [0.1, 0.15) is 18.4 Å². The van der Waals surface area contributed by atoms with Gasteiger partial charge in [0.05, 0.1) is 7.11 Å². The summed E-state index contributed by atoms with van der Waals surface area (Å²) in [5, 5.41) is 0. The minimum Gasteiger partial charge on any atom is -0.497 e. The van der Waals surface area contributed by atoms with Crippen LogP contribution in [0.5, 0.6) is 5.75 Å². The monoisotopic (exact) mass is 348 g/mol. The van der Waals surface area contributed by atoms with E-state index in [9.17, 15) is 0 Å². The number of methoxy groups -OCH3 is 1. The molecule has 1 unspecified atom stereocenters. The van der Waals surface area contributed by atoms with Gasteiger partial charge in [0.25, 0.3) is 0 Å². The van der Waals surface area contributed by atoms with Crippen molar-refractivity contribution in [1.82, 2.24) is 4.90 Å². The predicted octanol–water partition coefficient (Wildman–Crippen LogP) is 3.05. The standard InChI is InChI=1S/C14H21BrN2O.ClH/c1-18-13-4-5-14(15)12(7-13)10-17-6-2-3-11(8-16)9-17;/h4-5,7,11H,2-3,6,8-10,16H2,1H3;1H. The summed E-state index contributed by atoms with van der Waals surface area (Å²) in [7, 11) is 1.71. The first-order chi connectivity index (χ1) is 8.72. The Morgan fingerprint density at radius 2 is 2.26 bits per heavy atom. The molecular weight excluding hydrogens is 328 g/mol. The highest BCUT2D eigenvalue weighted by Gasteiger charge is 2.19. The Bertz CT molecular complexity index is 403. The minimum absolute atomic E-state index is 0. The lowest BCUT2D eigenvalue weighted by atomic mass is 9.98. The maximum atomic E-state index is 5.78. The number of nitrogens with two attached hydrogens (primary N) is 1. The van der Waals surface area contributed by atoms with E-state index in [4.69, 9.17) is 10.5 Å². The van der Waals surface area contributed by atoms with Crippen molar-refractivity contribution in [3.63, 3.8) is 0 Å². The molecule has 3 nitrogen and oxygen atoms in total. The summed E-state index contributed by atoms with van der Waals surface area (Å²) in [5.41, 5.74) is 7.06. The molecule has 2 N–H and O–H groups in total. The number of likely N-dealkylation sites (tertiary alicyclic amines) is 1. The first-order valence-corrected chi connectivity index (χ1v) is 7.27. The maximum absolute atomic E-state index is 5.78. The molecule has 108 valence electrons. The van der Waals surface area contributed by atoms with Crippen molar-refractivity contribution in [2.75, 3.05) is 26.7 Å². The van der Waals surface area contributed by atoms with E-state index in [-0.39, 0.29) is 12.4 Å². The number of nitrogens with zero attached hydrogens (tertiary/aromatic N) is 1. The molecule has 0 bridgehead atoms. The van der Waals surface area contributed by atoms with Crippen LogP contribution in [0.25, 0.3) is 0 Å². The fourth-order valence-electron chi connectivity index (χ4n) is 2.53. The molecule has 1 aliphatic heterocycles. The van der Waals surface area contributed by atoms with Gasteiger partial charge in [0, 0.05) is 17.6 Å². The summed E-state index contributed by atoms with van der Waals surface area (Å²) >= 11 is 3.61. The summed E-state index contributed by atoms with van der Waals surface area (Å²) in [5.74, 6) is 1.57. The third-order valence-corrected chi connectivity index (χ3v) is 4.36. The van der Waals surface area contributed by atoms with E-state index < -0.39 is 0 Å². The van der Waals surface area contributed by atoms with Gasteiger partial charge < -0.3 is 10.5 Å². The van der Waals surface area contributed by atoms with Gasteiger partial charge in [0.2, 0.25) is 0 Å². The average molecular weight is 350 g/mol. The summed E-state index contributed by atoms with van der Waals surface area (Å²) < 4.78 is 6.43. The lowest BCUT2D eigenvalue weighted by Crippen LogP contribution is -2.37. The second-order valence-electron chi connectivity index (χ2n) is 4.94. The van der Waals surface area contributed by atoms with E-state index in [0.717, 1.165) is 29.9 Å². The van der Waals surface area contributed by atoms with Gasteiger partial charge in [-0.3, -0.25) is 4.90 Å². The smallest absolute Gasteiger partial charge is 0.119 e. The van der Waals surface area contributed by atoms with Crippen LogP contribution in [-0.4, -0.2) is 31.6 Å². The molecule has 0 spiro atoms. The highest BCUT2D eigenvalue weighted by Crippen LogP contribution is 2.25. The van der Waals surface area contributed by atoms with Gasteiger partial charge in [0.15, 0.2) is 0 Å². The van der Waals surface area contributed by atoms with Crippen molar-refractivity contribution in [2.45, 2.75) is 19.4 Å². The van der Waals surface area contributed by atoms with Crippen molar-refractivity contribution in [1.29, 1.82) is 0 Å². The third kappa shape index (κ3) is 4.63. The summed E-state index contributed by atoms with van der Waals surface area (Å²) in [4.78, 5) is 2.49. The quantitative estimate of drug-likeness (QED) is 0.908. The van der Waals surface area contributed by atoms with E-state index in [2.05, 4.69) is 33.0 Å². The largest absolute Gasteiger partial charge is 0.497 e. The first-order valence-electron chi connectivity index (χ1n) is 6.47. The second-order valence-corrected chi connectivity index (χ2v) is 5.79. The molecule has 1 saturated heterocycles. The number of hydrogen-bond donors (Lipinski definition) is 1. The molecule has 1 aromatic rings. The zero-order valence-corrected chi connectivity index (χ0v) is 13.7. The lowest BCUT2D eigenvalue weighted by molar-refractivity contribution is 0.170. The zero-order valence-electron chi connectivity index (χ0n) is 11.3. The number of ether oxygens (including phenoxy) is 1. The molecular formula is C14H22BrClN2O. The van der Waals surface area contributed by atoms with Gasteiger partial charge in [-0.15, -0.1) is 12.4 Å². The lowest BCUT2D eigenvalue weighted by Gasteiger charge is -2.32. The molecule has 1 aromatic carbocycles. The molecule has 19 heavy (non-hydrogen) atoms. The van der Waals surface area contributed by atoms with E-state index in [1.165, 1.54) is 24.9 Å². The van der Waals surface area contributed by atoms with Gasteiger partial charge in [0.1, 0.15) is 5.75 Å². The van der Waals surface area contributed by atoms with E-state index >= 15 is 0 Å². The fourth-order valence-corrected chi connectivity index (χ4v) is 2.90. The highest BCUT2D eigenvalue weighted by atomic mass is 79.9. The van der Waals surface area contributed by atoms with Crippen LogP contribution >= 0.6 is 28.3 Å². The highest BCUT2D eigenvalue weighted by molar-refractivity contribution is 9.10. The van der Waals surface area contributed by atoms with Crippen LogP contribution in [0.15, 0.2) is 22.7 Å². The number of halogens is 2. The molecule has 1 fully saturated rings.